The second-order valence-electron chi connectivity index (χ2n) is 21.9. The minimum Gasteiger partial charge on any atom is -0.508 e. The van der Waals surface area contributed by atoms with Crippen LogP contribution in [0.15, 0.2) is 127 Å². The number of fused-ring (bicyclic) bond motifs is 3. The molecule has 0 aromatic heterocycles. The van der Waals surface area contributed by atoms with Crippen LogP contribution >= 0.6 is 0 Å². The van der Waals surface area contributed by atoms with Crippen molar-refractivity contribution < 1.29 is 9.84 Å². The molecule has 1 atom stereocenters. The number of unbranched alkanes of at least 4 members (excludes halogenated alkanes) is 27. The Morgan fingerprint density at radius 2 is 0.671 bits per heavy atom. The molecule has 1 unspecified atom stereocenters. The first-order valence-corrected chi connectivity index (χ1v) is 30.6. The number of hydrogen-bond acceptors (Lipinski definition) is 2. The van der Waals surface area contributed by atoms with Crippen LogP contribution in [0.5, 0.6) is 11.5 Å². The summed E-state index contributed by atoms with van der Waals surface area (Å²) in [5.41, 5.74) is 1.51. The Bertz CT molecular complexity index is 2180. The summed E-state index contributed by atoms with van der Waals surface area (Å²) < 4.78 is 5.91. The van der Waals surface area contributed by atoms with Crippen molar-refractivity contribution in [2.24, 2.45) is 5.92 Å². The van der Waals surface area contributed by atoms with E-state index in [0.717, 1.165) is 29.0 Å². The Kier molecular flexibility index (Phi) is 37.1. The third kappa shape index (κ3) is 31.3. The minimum absolute atomic E-state index is 0.323. The van der Waals surface area contributed by atoms with Crippen molar-refractivity contribution in [3.05, 3.63) is 133 Å². The Hall–Kier alpha value is -4.30. The van der Waals surface area contributed by atoms with Gasteiger partial charge in [0.2, 0.25) is 0 Å². The molecule has 0 saturated carbocycles. The molecule has 2 nitrogen and oxygen atoms in total. The predicted octanol–water partition coefficient (Wildman–Crippen LogP) is 23.9. The number of ether oxygens (including phenoxy) is 1. The molecule has 6 aromatic rings. The van der Waals surface area contributed by atoms with Crippen LogP contribution in [0.4, 0.5) is 0 Å². The first-order chi connectivity index (χ1) is 35.8. The molecule has 2 heteroatoms. The maximum atomic E-state index is 9.13. The summed E-state index contributed by atoms with van der Waals surface area (Å²) in [6, 6.07) is 43.8. The van der Waals surface area contributed by atoms with Crippen LogP contribution in [0.3, 0.4) is 0 Å². The lowest BCUT2D eigenvalue weighted by Crippen LogP contribution is -1.97. The fourth-order valence-electron chi connectivity index (χ4n) is 9.87. The van der Waals surface area contributed by atoms with E-state index in [1.54, 1.807) is 12.1 Å². The van der Waals surface area contributed by atoms with Gasteiger partial charge in [0.1, 0.15) is 11.5 Å². The zero-order valence-corrected chi connectivity index (χ0v) is 48.0. The van der Waals surface area contributed by atoms with Gasteiger partial charge < -0.3 is 9.84 Å². The molecule has 6 aromatic carbocycles. The van der Waals surface area contributed by atoms with Gasteiger partial charge in [-0.25, -0.2) is 0 Å². The summed E-state index contributed by atoms with van der Waals surface area (Å²) in [4.78, 5) is 0. The summed E-state index contributed by atoms with van der Waals surface area (Å²) in [6.07, 6.45) is 45.2. The topological polar surface area (TPSA) is 29.5 Å². The smallest absolute Gasteiger partial charge is 0.119 e. The average molecular weight is 994 g/mol. The highest BCUT2D eigenvalue weighted by Crippen LogP contribution is 2.27. The van der Waals surface area contributed by atoms with Crippen molar-refractivity contribution in [3.63, 3.8) is 0 Å². The molecule has 0 amide bonds. The second-order valence-corrected chi connectivity index (χ2v) is 21.9. The maximum Gasteiger partial charge on any atom is 0.119 e. The third-order valence-electron chi connectivity index (χ3n) is 14.7. The molecule has 404 valence electrons. The van der Waals surface area contributed by atoms with Crippen LogP contribution in [0.2, 0.25) is 0 Å². The van der Waals surface area contributed by atoms with Crippen LogP contribution in [-0.4, -0.2) is 11.7 Å². The van der Waals surface area contributed by atoms with E-state index >= 15 is 0 Å². The molecule has 0 fully saturated rings. The number of aromatic hydroxyl groups is 1. The SMILES string of the molecule is CCCCCCCCC(C)C.CCCCCCCCCCCCCCC(C)c1ccc2ccccc2c1.CCCCCCCCCCCCCCOc1ccc2ccccc2c1.Oc1ccc2ccccc2c1. The zero-order valence-electron chi connectivity index (χ0n) is 48.0. The van der Waals surface area contributed by atoms with Gasteiger partial charge in [0.05, 0.1) is 6.61 Å². The van der Waals surface area contributed by atoms with E-state index in [-0.39, 0.29) is 0 Å². The van der Waals surface area contributed by atoms with Crippen LogP contribution in [0, 0.1) is 5.92 Å². The number of rotatable bonds is 35. The Labute approximate surface area is 449 Å². The molecule has 1 N–H and O–H groups in total. The molecular formula is C71H108O2. The first kappa shape index (κ1) is 63.0. The van der Waals surface area contributed by atoms with Crippen LogP contribution < -0.4 is 4.74 Å². The second kappa shape index (κ2) is 43.0. The van der Waals surface area contributed by atoms with Crippen molar-refractivity contribution in [1.29, 1.82) is 0 Å². The quantitative estimate of drug-likeness (QED) is 0.0402. The molecule has 0 heterocycles. The first-order valence-electron chi connectivity index (χ1n) is 30.6. The van der Waals surface area contributed by atoms with Gasteiger partial charge in [-0.3, -0.25) is 0 Å². The number of benzene rings is 6. The van der Waals surface area contributed by atoms with Crippen molar-refractivity contribution in [1.82, 2.24) is 0 Å². The van der Waals surface area contributed by atoms with Gasteiger partial charge in [0.25, 0.3) is 0 Å². The minimum atomic E-state index is 0.323. The van der Waals surface area contributed by atoms with E-state index in [2.05, 4.69) is 126 Å². The lowest BCUT2D eigenvalue weighted by Gasteiger charge is -2.13. The van der Waals surface area contributed by atoms with Crippen molar-refractivity contribution in [2.45, 2.75) is 253 Å². The zero-order chi connectivity index (χ0) is 52.2. The molecule has 6 rings (SSSR count). The summed E-state index contributed by atoms with van der Waals surface area (Å²) in [7, 11) is 0. The van der Waals surface area contributed by atoms with Gasteiger partial charge in [-0.1, -0.05) is 337 Å². The van der Waals surface area contributed by atoms with E-state index in [0.29, 0.717) is 11.7 Å². The van der Waals surface area contributed by atoms with Crippen molar-refractivity contribution >= 4 is 32.3 Å². The van der Waals surface area contributed by atoms with Crippen LogP contribution in [-0.2, 0) is 0 Å². The number of phenolic OH excluding ortho intramolecular Hbond substituents is 1. The molecule has 0 aliphatic heterocycles. The average Bonchev–Trinajstić information content (AvgIpc) is 3.41. The largest absolute Gasteiger partial charge is 0.508 e. The van der Waals surface area contributed by atoms with E-state index in [9.17, 15) is 0 Å². The number of phenols is 1. The van der Waals surface area contributed by atoms with Crippen LogP contribution in [0.1, 0.15) is 258 Å². The highest BCUT2D eigenvalue weighted by molar-refractivity contribution is 5.85. The van der Waals surface area contributed by atoms with E-state index in [4.69, 9.17) is 9.84 Å². The van der Waals surface area contributed by atoms with Crippen LogP contribution in [0.25, 0.3) is 32.3 Å². The fraction of sp³-hybridized carbons (Fsp3) is 0.577. The lowest BCUT2D eigenvalue weighted by molar-refractivity contribution is 0.304. The van der Waals surface area contributed by atoms with Crippen molar-refractivity contribution in [2.75, 3.05) is 6.61 Å². The van der Waals surface area contributed by atoms with Gasteiger partial charge in [0.15, 0.2) is 0 Å². The predicted molar refractivity (Wildman–Crippen MR) is 327 cm³/mol. The molecule has 0 aliphatic rings. The standard InChI is InChI=1S/C26H40.C24H36O.C11H24.C10H8O/c1-3-4-5-6-7-8-9-10-11-12-13-14-17-23(2)25-21-20-24-18-15-16-19-26(24)22-25;1-2-3-4-5-6-7-8-9-10-11-12-15-20-25-24-19-18-22-16-13-14-17-23(22)21-24;1-4-5-6-7-8-9-10-11(2)3;11-10-6-5-8-3-1-2-4-9(8)7-10/h15-16,18-23H,3-14,17H2,1-2H3;13-14,16-19,21H,2-12,15,20H2,1H3;11H,4-10H2,1-3H3;1-7,11H. The van der Waals surface area contributed by atoms with Gasteiger partial charge in [-0.2, -0.15) is 0 Å². The highest BCUT2D eigenvalue weighted by Gasteiger charge is 2.07. The van der Waals surface area contributed by atoms with Gasteiger partial charge in [-0.15, -0.1) is 0 Å². The van der Waals surface area contributed by atoms with E-state index in [1.165, 1.54) is 233 Å². The third-order valence-corrected chi connectivity index (χ3v) is 14.7. The van der Waals surface area contributed by atoms with E-state index in [1.807, 2.05) is 30.3 Å². The molecular weight excluding hydrogens is 885 g/mol. The molecule has 0 saturated heterocycles. The summed E-state index contributed by atoms with van der Waals surface area (Å²) in [6.45, 7) is 14.7. The molecule has 0 bridgehead atoms. The van der Waals surface area contributed by atoms with Gasteiger partial charge in [0, 0.05) is 0 Å². The molecule has 0 spiro atoms. The molecule has 0 radical (unpaired) electrons. The van der Waals surface area contributed by atoms with Gasteiger partial charge in [-0.05, 0) is 86.8 Å². The highest BCUT2D eigenvalue weighted by atomic mass is 16.5. The Balaban J connectivity index is 0.000000276. The normalized spacial score (nSPS) is 11.4. The molecule has 0 aliphatic carbocycles. The Morgan fingerprint density at radius 3 is 1.11 bits per heavy atom. The Morgan fingerprint density at radius 1 is 0.329 bits per heavy atom. The molecule has 73 heavy (non-hydrogen) atoms. The summed E-state index contributed by atoms with van der Waals surface area (Å²) >= 11 is 0. The monoisotopic (exact) mass is 993 g/mol. The fourth-order valence-corrected chi connectivity index (χ4v) is 9.87. The van der Waals surface area contributed by atoms with Crippen molar-refractivity contribution in [3.8, 4) is 11.5 Å². The van der Waals surface area contributed by atoms with Gasteiger partial charge >= 0.3 is 0 Å². The summed E-state index contributed by atoms with van der Waals surface area (Å²) in [5, 5.41) is 16.6. The maximum absolute atomic E-state index is 9.13. The number of hydrogen-bond donors (Lipinski definition) is 1. The summed E-state index contributed by atoms with van der Waals surface area (Å²) in [5.74, 6) is 2.91. The van der Waals surface area contributed by atoms with E-state index < -0.39 is 0 Å². The lowest BCUT2D eigenvalue weighted by atomic mass is 9.93.